The summed E-state index contributed by atoms with van der Waals surface area (Å²) in [7, 11) is 0. The van der Waals surface area contributed by atoms with Crippen molar-refractivity contribution in [3.63, 3.8) is 0 Å². The summed E-state index contributed by atoms with van der Waals surface area (Å²) in [5.41, 5.74) is 5.40. The number of rotatable bonds is 4. The number of hydrogen-bond donors (Lipinski definition) is 1. The summed E-state index contributed by atoms with van der Waals surface area (Å²) in [5.74, 6) is 0. The minimum absolute atomic E-state index is 0.219. The number of hydrogen-bond acceptors (Lipinski definition) is 2. The maximum absolute atomic E-state index is 5.62. The molecule has 0 saturated heterocycles. The quantitative estimate of drug-likeness (QED) is 0.452. The fourth-order valence-corrected chi connectivity index (χ4v) is 0.405. The molecule has 2 heteroatoms. The first kappa shape index (κ1) is 8.66. The van der Waals surface area contributed by atoms with E-state index in [-0.39, 0.29) is 5.54 Å². The van der Waals surface area contributed by atoms with Crippen molar-refractivity contribution in [3.8, 4) is 0 Å². The summed E-state index contributed by atoms with van der Waals surface area (Å²) in [6.45, 7) is 8.53. The van der Waals surface area contributed by atoms with E-state index in [1.165, 1.54) is 0 Å². The molecule has 0 unspecified atom stereocenters. The summed E-state index contributed by atoms with van der Waals surface area (Å²) in [5, 5.41) is 0. The van der Waals surface area contributed by atoms with E-state index in [1.54, 1.807) is 6.08 Å². The van der Waals surface area contributed by atoms with Crippen LogP contribution in [0.4, 0.5) is 0 Å². The average Bonchev–Trinajstić information content (AvgIpc) is 1.63. The monoisotopic (exact) mass is 129 g/mol. The molecule has 0 saturated carbocycles. The van der Waals surface area contributed by atoms with Gasteiger partial charge in [-0.1, -0.05) is 6.08 Å². The van der Waals surface area contributed by atoms with Gasteiger partial charge in [-0.3, -0.25) is 0 Å². The topological polar surface area (TPSA) is 35.2 Å². The highest BCUT2D eigenvalue weighted by Gasteiger charge is 2.08. The maximum atomic E-state index is 5.62. The molecule has 0 radical (unpaired) electrons. The molecule has 0 aromatic rings. The Hall–Kier alpha value is -0.340. The zero-order valence-corrected chi connectivity index (χ0v) is 6.18. The molecule has 0 bridgehead atoms. The lowest BCUT2D eigenvalue weighted by molar-refractivity contribution is 0.120. The van der Waals surface area contributed by atoms with Crippen LogP contribution in [0.1, 0.15) is 13.8 Å². The van der Waals surface area contributed by atoms with Gasteiger partial charge < -0.3 is 10.5 Å². The minimum atomic E-state index is -0.219. The van der Waals surface area contributed by atoms with Crippen LogP contribution >= 0.6 is 0 Å². The second kappa shape index (κ2) is 3.64. The van der Waals surface area contributed by atoms with Gasteiger partial charge in [-0.15, -0.1) is 6.58 Å². The van der Waals surface area contributed by atoms with Crippen LogP contribution in [0, 0.1) is 0 Å². The van der Waals surface area contributed by atoms with Crippen LogP contribution in [0.5, 0.6) is 0 Å². The van der Waals surface area contributed by atoms with Gasteiger partial charge in [0.15, 0.2) is 0 Å². The maximum Gasteiger partial charge on any atom is 0.0645 e. The average molecular weight is 129 g/mol. The summed E-state index contributed by atoms with van der Waals surface area (Å²) in [4.78, 5) is 0. The summed E-state index contributed by atoms with van der Waals surface area (Å²) < 4.78 is 5.10. The molecule has 0 aliphatic heterocycles. The Bertz CT molecular complexity index is 83.4. The van der Waals surface area contributed by atoms with Gasteiger partial charge in [0.2, 0.25) is 0 Å². The third kappa shape index (κ3) is 7.66. The highest BCUT2D eigenvalue weighted by Crippen LogP contribution is 1.95. The van der Waals surface area contributed by atoms with Gasteiger partial charge in [-0.2, -0.15) is 0 Å². The van der Waals surface area contributed by atoms with Crippen molar-refractivity contribution in [1.82, 2.24) is 0 Å². The molecule has 9 heavy (non-hydrogen) atoms. The lowest BCUT2D eigenvalue weighted by atomic mass is 10.1. The fourth-order valence-electron chi connectivity index (χ4n) is 0.405. The number of nitrogens with two attached hydrogens (primary N) is 1. The Morgan fingerprint density at radius 3 is 2.56 bits per heavy atom. The molecule has 0 spiro atoms. The molecule has 2 nitrogen and oxygen atoms in total. The SMILES string of the molecule is C=CCOCC(C)(C)N. The normalized spacial score (nSPS) is 11.4. The van der Waals surface area contributed by atoms with Crippen LogP contribution in [0.3, 0.4) is 0 Å². The van der Waals surface area contributed by atoms with Crippen molar-refractivity contribution in [3.05, 3.63) is 12.7 Å². The van der Waals surface area contributed by atoms with Crippen LogP contribution in [0.15, 0.2) is 12.7 Å². The van der Waals surface area contributed by atoms with E-state index in [0.29, 0.717) is 13.2 Å². The van der Waals surface area contributed by atoms with E-state index < -0.39 is 0 Å². The second-order valence-electron chi connectivity index (χ2n) is 2.79. The third-order valence-electron chi connectivity index (χ3n) is 0.710. The van der Waals surface area contributed by atoms with Gasteiger partial charge in [0.25, 0.3) is 0 Å². The van der Waals surface area contributed by atoms with Gasteiger partial charge in [0.05, 0.1) is 13.2 Å². The zero-order valence-electron chi connectivity index (χ0n) is 6.18. The first-order valence-electron chi connectivity index (χ1n) is 3.04. The van der Waals surface area contributed by atoms with E-state index in [0.717, 1.165) is 0 Å². The molecule has 0 aliphatic carbocycles. The Morgan fingerprint density at radius 1 is 1.67 bits per heavy atom. The van der Waals surface area contributed by atoms with E-state index >= 15 is 0 Å². The molecule has 0 amide bonds. The first-order chi connectivity index (χ1) is 4.06. The van der Waals surface area contributed by atoms with Crippen molar-refractivity contribution in [1.29, 1.82) is 0 Å². The van der Waals surface area contributed by atoms with Crippen molar-refractivity contribution in [2.75, 3.05) is 13.2 Å². The zero-order chi connectivity index (χ0) is 7.33. The largest absolute Gasteiger partial charge is 0.376 e. The van der Waals surface area contributed by atoms with Crippen molar-refractivity contribution in [2.24, 2.45) is 5.73 Å². The van der Waals surface area contributed by atoms with Crippen LogP contribution in [-0.4, -0.2) is 18.8 Å². The van der Waals surface area contributed by atoms with E-state index in [4.69, 9.17) is 10.5 Å². The Morgan fingerprint density at radius 2 is 2.22 bits per heavy atom. The molecule has 0 rings (SSSR count). The predicted molar refractivity (Wildman–Crippen MR) is 39.3 cm³/mol. The summed E-state index contributed by atoms with van der Waals surface area (Å²) >= 11 is 0. The molecule has 0 aromatic carbocycles. The molecule has 0 atom stereocenters. The lowest BCUT2D eigenvalue weighted by Crippen LogP contribution is -2.37. The van der Waals surface area contributed by atoms with Crippen molar-refractivity contribution in [2.45, 2.75) is 19.4 Å². The van der Waals surface area contributed by atoms with E-state index in [2.05, 4.69) is 6.58 Å². The Kier molecular flexibility index (Phi) is 3.50. The smallest absolute Gasteiger partial charge is 0.0645 e. The molecular weight excluding hydrogens is 114 g/mol. The van der Waals surface area contributed by atoms with Crippen molar-refractivity contribution >= 4 is 0 Å². The van der Waals surface area contributed by atoms with Crippen LogP contribution in [0.2, 0.25) is 0 Å². The Labute approximate surface area is 56.7 Å². The fraction of sp³-hybridized carbons (Fsp3) is 0.714. The molecule has 2 N–H and O–H groups in total. The van der Waals surface area contributed by atoms with E-state index in [9.17, 15) is 0 Å². The Balaban J connectivity index is 3.17. The van der Waals surface area contributed by atoms with Crippen LogP contribution in [0.25, 0.3) is 0 Å². The van der Waals surface area contributed by atoms with Crippen molar-refractivity contribution < 1.29 is 4.74 Å². The van der Waals surface area contributed by atoms with Gasteiger partial charge in [0.1, 0.15) is 0 Å². The van der Waals surface area contributed by atoms with Crippen LogP contribution < -0.4 is 5.73 Å². The number of ether oxygens (including phenoxy) is 1. The van der Waals surface area contributed by atoms with Gasteiger partial charge in [-0.05, 0) is 13.8 Å². The van der Waals surface area contributed by atoms with Gasteiger partial charge in [-0.25, -0.2) is 0 Å². The molecular formula is C7H15NO. The van der Waals surface area contributed by atoms with E-state index in [1.807, 2.05) is 13.8 Å². The molecule has 0 aliphatic rings. The second-order valence-corrected chi connectivity index (χ2v) is 2.79. The summed E-state index contributed by atoms with van der Waals surface area (Å²) in [6.07, 6.45) is 1.71. The molecule has 0 aromatic heterocycles. The lowest BCUT2D eigenvalue weighted by Gasteiger charge is -2.17. The molecule has 0 heterocycles. The first-order valence-corrected chi connectivity index (χ1v) is 3.04. The highest BCUT2D eigenvalue weighted by atomic mass is 16.5. The van der Waals surface area contributed by atoms with Gasteiger partial charge in [0, 0.05) is 5.54 Å². The molecule has 54 valence electrons. The third-order valence-corrected chi connectivity index (χ3v) is 0.710. The highest BCUT2D eigenvalue weighted by molar-refractivity contribution is 4.72. The van der Waals surface area contributed by atoms with Crippen LogP contribution in [-0.2, 0) is 4.74 Å². The van der Waals surface area contributed by atoms with Gasteiger partial charge >= 0.3 is 0 Å². The summed E-state index contributed by atoms with van der Waals surface area (Å²) in [6, 6.07) is 0. The minimum Gasteiger partial charge on any atom is -0.376 e. The predicted octanol–water partition coefficient (Wildman–Crippen LogP) is 0.926. The standard InChI is InChI=1S/C7H15NO/c1-4-5-9-6-7(2,3)8/h4H,1,5-6,8H2,2-3H3. The molecule has 0 fully saturated rings.